The summed E-state index contributed by atoms with van der Waals surface area (Å²) in [5.41, 5.74) is 1.54. The highest BCUT2D eigenvalue weighted by Crippen LogP contribution is 2.30. The van der Waals surface area contributed by atoms with Gasteiger partial charge in [0, 0.05) is 54.4 Å². The second kappa shape index (κ2) is 15.2. The van der Waals surface area contributed by atoms with Crippen molar-refractivity contribution in [2.45, 2.75) is 12.5 Å². The number of urea groups is 1. The Morgan fingerprint density at radius 2 is 1.58 bits per heavy atom. The Bertz CT molecular complexity index is 2320. The van der Waals surface area contributed by atoms with Crippen molar-refractivity contribution in [3.8, 4) is 5.69 Å². The second-order valence-corrected chi connectivity index (χ2v) is 12.9. The topological polar surface area (TPSA) is 234 Å². The molecule has 4 heterocycles. The maximum Gasteiger partial charge on any atom is 0.416 e. The number of morpholine rings is 1. The third-order valence-electron chi connectivity index (χ3n) is 9.17. The van der Waals surface area contributed by atoms with Crippen LogP contribution < -0.4 is 15.5 Å². The smallest absolute Gasteiger partial charge is 0.416 e. The molecule has 5 aromatic rings. The summed E-state index contributed by atoms with van der Waals surface area (Å²) in [4.78, 5) is 82.3. The Morgan fingerprint density at radius 1 is 0.836 bits per heavy atom. The number of tetrazole rings is 1. The van der Waals surface area contributed by atoms with Gasteiger partial charge in [-0.3, -0.25) is 14.4 Å². The zero-order chi connectivity index (χ0) is 38.8. The number of carbonyl (C=O) groups excluding carboxylic acids is 4. The number of hydrogen-bond donors (Lipinski definition) is 4. The number of benzene rings is 3. The molecule has 2 aliphatic heterocycles. The predicted molar refractivity (Wildman–Crippen MR) is 195 cm³/mol. The second-order valence-electron chi connectivity index (χ2n) is 12.5. The van der Waals surface area contributed by atoms with E-state index in [0.717, 1.165) is 0 Å². The number of nitrogens with one attached hydrogen (secondary N) is 2. The molecule has 20 heteroatoms. The average Bonchev–Trinajstić information content (AvgIpc) is 3.85. The van der Waals surface area contributed by atoms with Crippen LogP contribution in [0.4, 0.5) is 26.7 Å². The molecule has 4 N–H and O–H groups in total. The lowest BCUT2D eigenvalue weighted by molar-refractivity contribution is -0.149. The van der Waals surface area contributed by atoms with E-state index in [9.17, 15) is 39.0 Å². The number of piperazine rings is 1. The van der Waals surface area contributed by atoms with Gasteiger partial charge in [0.25, 0.3) is 0 Å². The molecule has 5 amide bonds. The Kier molecular flexibility index (Phi) is 10.1. The number of nitrogens with zero attached hydrogens (tertiary/aromatic N) is 8. The highest BCUT2D eigenvalue weighted by Gasteiger charge is 2.41. The summed E-state index contributed by atoms with van der Waals surface area (Å²) in [6, 6.07) is 15.2. The van der Waals surface area contributed by atoms with E-state index < -0.39 is 41.5 Å². The normalized spacial score (nSPS) is 15.3. The van der Waals surface area contributed by atoms with E-state index in [2.05, 4.69) is 26.2 Å². The summed E-state index contributed by atoms with van der Waals surface area (Å²) in [5.74, 6) is -4.03. The van der Waals surface area contributed by atoms with Gasteiger partial charge in [-0.05, 0) is 70.6 Å². The number of fused-ring (bicyclic) bond motifs is 1. The van der Waals surface area contributed by atoms with Crippen LogP contribution >= 0.6 is 11.6 Å². The minimum atomic E-state index is -1.50. The monoisotopic (exact) mass is 770 g/mol. The van der Waals surface area contributed by atoms with Crippen molar-refractivity contribution in [2.24, 2.45) is 0 Å². The quantitative estimate of drug-likeness (QED) is 0.159. The number of amides is 5. The van der Waals surface area contributed by atoms with Gasteiger partial charge in [0.1, 0.15) is 18.1 Å². The summed E-state index contributed by atoms with van der Waals surface area (Å²) < 4.78 is 7.24. The number of hydrogen-bond acceptors (Lipinski definition) is 10. The van der Waals surface area contributed by atoms with Crippen LogP contribution in [0, 0.1) is 0 Å². The Morgan fingerprint density at radius 3 is 2.27 bits per heavy atom. The molecule has 0 bridgehead atoms. The number of aromatic nitrogens is 5. The van der Waals surface area contributed by atoms with Crippen molar-refractivity contribution in [1.82, 2.24) is 34.6 Å². The molecular formula is C35H31ClN10O9. The number of rotatable bonds is 9. The first kappa shape index (κ1) is 36.5. The van der Waals surface area contributed by atoms with Crippen molar-refractivity contribution in [3.63, 3.8) is 0 Å². The number of carboxylic acids is 1. The molecule has 2 aliphatic rings. The zero-order valence-electron chi connectivity index (χ0n) is 28.7. The van der Waals surface area contributed by atoms with Crippen LogP contribution in [-0.4, -0.2) is 126 Å². The number of carbonyl (C=O) groups is 6. The van der Waals surface area contributed by atoms with E-state index in [-0.39, 0.29) is 47.8 Å². The molecule has 0 radical (unpaired) electrons. The van der Waals surface area contributed by atoms with Crippen molar-refractivity contribution >= 4 is 75.4 Å². The first-order valence-electron chi connectivity index (χ1n) is 16.8. The average molecular weight is 771 g/mol. The third kappa shape index (κ3) is 7.50. The molecular weight excluding hydrogens is 740 g/mol. The molecule has 1 atom stereocenters. The number of halogens is 1. The number of carboxylic acid groups (broad SMARTS) is 2. The van der Waals surface area contributed by atoms with Gasteiger partial charge in [0.05, 0.1) is 30.1 Å². The van der Waals surface area contributed by atoms with Gasteiger partial charge in [-0.25, -0.2) is 19.0 Å². The molecule has 1 unspecified atom stereocenters. The molecule has 0 saturated carbocycles. The molecule has 282 valence electrons. The number of anilines is 3. The van der Waals surface area contributed by atoms with Crippen LogP contribution in [-0.2, 0) is 25.5 Å². The number of aromatic carboxylic acids is 1. The summed E-state index contributed by atoms with van der Waals surface area (Å²) in [6.45, 7) is 1.70. The first-order valence-corrected chi connectivity index (χ1v) is 17.2. The molecule has 2 fully saturated rings. The van der Waals surface area contributed by atoms with Crippen molar-refractivity contribution in [3.05, 3.63) is 89.3 Å². The van der Waals surface area contributed by atoms with Crippen LogP contribution in [0.2, 0.25) is 5.02 Å². The molecule has 3 aromatic carbocycles. The van der Waals surface area contributed by atoms with Crippen molar-refractivity contribution in [1.29, 1.82) is 0 Å². The SMILES string of the molecule is O=C(O)c1cc2cc(NC(=O)C(Cc3ccc(NC(=O)N4CCOCC4)cc3)N3CCN(c4cc(Cl)ccc4-n4cnnn4)C(=O)C3=O)ccc2n1C(=O)O. The highest BCUT2D eigenvalue weighted by molar-refractivity contribution is 6.41. The van der Waals surface area contributed by atoms with Gasteiger partial charge >= 0.3 is 29.9 Å². The van der Waals surface area contributed by atoms with Crippen LogP contribution in [0.25, 0.3) is 16.6 Å². The fraction of sp³-hybridized carbons (Fsp3) is 0.229. The van der Waals surface area contributed by atoms with E-state index in [0.29, 0.717) is 52.8 Å². The lowest BCUT2D eigenvalue weighted by Crippen LogP contribution is -2.60. The first-order chi connectivity index (χ1) is 26.5. The van der Waals surface area contributed by atoms with E-state index >= 15 is 0 Å². The molecule has 7 rings (SSSR count). The fourth-order valence-corrected chi connectivity index (χ4v) is 6.66. The van der Waals surface area contributed by atoms with Crippen LogP contribution in [0.1, 0.15) is 16.1 Å². The van der Waals surface area contributed by atoms with Gasteiger partial charge in [0.15, 0.2) is 0 Å². The van der Waals surface area contributed by atoms with Crippen LogP contribution in [0.15, 0.2) is 73.1 Å². The van der Waals surface area contributed by atoms with Gasteiger partial charge < -0.3 is 40.3 Å². The zero-order valence-corrected chi connectivity index (χ0v) is 29.4. The van der Waals surface area contributed by atoms with Crippen LogP contribution in [0.3, 0.4) is 0 Å². The Labute approximate surface area is 315 Å². The summed E-state index contributed by atoms with van der Waals surface area (Å²) in [7, 11) is 0. The predicted octanol–water partition coefficient (Wildman–Crippen LogP) is 2.78. The Balaban J connectivity index is 1.16. The molecule has 0 spiro atoms. The van der Waals surface area contributed by atoms with E-state index in [1.807, 2.05) is 0 Å². The van der Waals surface area contributed by atoms with E-state index in [1.165, 1.54) is 51.1 Å². The summed E-state index contributed by atoms with van der Waals surface area (Å²) in [6.07, 6.45) is -0.219. The summed E-state index contributed by atoms with van der Waals surface area (Å²) >= 11 is 6.29. The molecule has 19 nitrogen and oxygen atoms in total. The number of ether oxygens (including phenoxy) is 1. The molecule has 0 aliphatic carbocycles. The van der Waals surface area contributed by atoms with E-state index in [4.69, 9.17) is 16.3 Å². The minimum Gasteiger partial charge on any atom is -0.477 e. The molecule has 2 saturated heterocycles. The lowest BCUT2D eigenvalue weighted by atomic mass is 10.0. The standard InChI is InChI=1S/C35H31ClN10O9/c36-22-3-7-26(45-19-37-40-41-45)27(18-22)43-9-10-44(32(49)31(43)48)28(15-20-1-4-23(5-2-20)39-34(52)42-11-13-55-14-12-42)30(47)38-24-6-8-25-21(16-24)17-29(33(50)51)46(25)35(53)54/h1-8,16-19,28H,9-15H2,(H,38,47)(H,39,52)(H,50,51)(H,53,54). The third-order valence-corrected chi connectivity index (χ3v) is 9.40. The van der Waals surface area contributed by atoms with E-state index in [1.54, 1.807) is 41.3 Å². The lowest BCUT2D eigenvalue weighted by Gasteiger charge is -2.38. The fourth-order valence-electron chi connectivity index (χ4n) is 6.50. The van der Waals surface area contributed by atoms with Gasteiger partial charge in [-0.1, -0.05) is 23.7 Å². The van der Waals surface area contributed by atoms with Gasteiger partial charge in [-0.2, -0.15) is 4.68 Å². The van der Waals surface area contributed by atoms with Gasteiger partial charge in [-0.15, -0.1) is 5.10 Å². The maximum absolute atomic E-state index is 14.1. The highest BCUT2D eigenvalue weighted by atomic mass is 35.5. The molecule has 55 heavy (non-hydrogen) atoms. The van der Waals surface area contributed by atoms with Gasteiger partial charge in [0.2, 0.25) is 5.91 Å². The van der Waals surface area contributed by atoms with Crippen LogP contribution in [0.5, 0.6) is 0 Å². The molecule has 2 aromatic heterocycles. The van der Waals surface area contributed by atoms with Crippen molar-refractivity contribution < 1.29 is 43.7 Å². The largest absolute Gasteiger partial charge is 0.477 e. The summed E-state index contributed by atoms with van der Waals surface area (Å²) in [5, 5.41) is 36.5. The minimum absolute atomic E-state index is 0.0248. The van der Waals surface area contributed by atoms with Crippen molar-refractivity contribution in [2.75, 3.05) is 54.9 Å². The Hall–Kier alpha value is -6.86. The maximum atomic E-state index is 14.1.